The lowest BCUT2D eigenvalue weighted by atomic mass is 9.80. The van der Waals surface area contributed by atoms with E-state index in [1.165, 1.54) is 37.8 Å². The molecule has 20 heavy (non-hydrogen) atoms. The van der Waals surface area contributed by atoms with Crippen LogP contribution in [-0.4, -0.2) is 32.3 Å². The van der Waals surface area contributed by atoms with E-state index < -0.39 is 0 Å². The summed E-state index contributed by atoms with van der Waals surface area (Å²) < 4.78 is 5.34. The van der Waals surface area contributed by atoms with Gasteiger partial charge in [0.1, 0.15) is 5.75 Å². The van der Waals surface area contributed by atoms with Crippen molar-refractivity contribution in [2.75, 3.05) is 31.6 Å². The molecule has 3 rings (SSSR count). The molecule has 0 amide bonds. The number of piperazine rings is 1. The SMILES string of the molecule is COc1cc(N2CCNC3(CCCCC3)C2)ccc1Cl. The highest BCUT2D eigenvalue weighted by atomic mass is 35.5. The molecule has 0 bridgehead atoms. The summed E-state index contributed by atoms with van der Waals surface area (Å²) in [6.45, 7) is 3.20. The molecule has 4 heteroatoms. The molecule has 1 heterocycles. The topological polar surface area (TPSA) is 24.5 Å². The van der Waals surface area contributed by atoms with E-state index in [0.717, 1.165) is 25.4 Å². The number of nitrogens with one attached hydrogen (secondary N) is 1. The standard InChI is InChI=1S/C16H23ClN2O/c1-20-15-11-13(5-6-14(15)17)19-10-9-18-16(12-19)7-3-2-4-8-16/h5-6,11,18H,2-4,7-10,12H2,1H3. The van der Waals surface area contributed by atoms with E-state index in [2.05, 4.69) is 22.3 Å². The van der Waals surface area contributed by atoms with Gasteiger partial charge in [0.25, 0.3) is 0 Å². The zero-order chi connectivity index (χ0) is 14.0. The molecule has 2 aliphatic rings. The monoisotopic (exact) mass is 294 g/mol. The summed E-state index contributed by atoms with van der Waals surface area (Å²) >= 11 is 6.12. The molecule has 1 saturated heterocycles. The number of benzene rings is 1. The van der Waals surface area contributed by atoms with E-state index in [4.69, 9.17) is 16.3 Å². The van der Waals surface area contributed by atoms with E-state index >= 15 is 0 Å². The highest BCUT2D eigenvalue weighted by molar-refractivity contribution is 6.32. The fraction of sp³-hybridized carbons (Fsp3) is 0.625. The van der Waals surface area contributed by atoms with Crippen molar-refractivity contribution < 1.29 is 4.74 Å². The fourth-order valence-corrected chi connectivity index (χ4v) is 3.78. The highest BCUT2D eigenvalue weighted by Gasteiger charge is 2.36. The van der Waals surface area contributed by atoms with Crippen molar-refractivity contribution in [3.63, 3.8) is 0 Å². The molecule has 1 N–H and O–H groups in total. The lowest BCUT2D eigenvalue weighted by molar-refractivity contribution is 0.216. The van der Waals surface area contributed by atoms with Crippen LogP contribution in [0, 0.1) is 0 Å². The maximum absolute atomic E-state index is 6.12. The second kappa shape index (κ2) is 5.82. The van der Waals surface area contributed by atoms with E-state index in [-0.39, 0.29) is 0 Å². The smallest absolute Gasteiger partial charge is 0.139 e. The number of methoxy groups -OCH3 is 1. The van der Waals surface area contributed by atoms with Crippen LogP contribution in [-0.2, 0) is 0 Å². The van der Waals surface area contributed by atoms with Gasteiger partial charge in [0, 0.05) is 36.9 Å². The van der Waals surface area contributed by atoms with Crippen molar-refractivity contribution in [2.45, 2.75) is 37.6 Å². The number of ether oxygens (including phenoxy) is 1. The first-order chi connectivity index (χ1) is 9.72. The van der Waals surface area contributed by atoms with Crippen LogP contribution in [0.25, 0.3) is 0 Å². The number of nitrogens with zero attached hydrogens (tertiary/aromatic N) is 1. The molecule has 1 aliphatic carbocycles. The van der Waals surface area contributed by atoms with Crippen molar-refractivity contribution in [1.82, 2.24) is 5.32 Å². The molecule has 1 spiro atoms. The Hall–Kier alpha value is -0.930. The Labute approximate surface area is 126 Å². The largest absolute Gasteiger partial charge is 0.495 e. The molecule has 2 fully saturated rings. The summed E-state index contributed by atoms with van der Waals surface area (Å²) in [6, 6.07) is 6.10. The first-order valence-corrected chi connectivity index (χ1v) is 7.94. The predicted molar refractivity (Wildman–Crippen MR) is 84.0 cm³/mol. The van der Waals surface area contributed by atoms with Crippen LogP contribution in [0.2, 0.25) is 5.02 Å². The molecule has 0 aromatic heterocycles. The summed E-state index contributed by atoms with van der Waals surface area (Å²) in [5.74, 6) is 0.764. The van der Waals surface area contributed by atoms with Gasteiger partial charge in [0.15, 0.2) is 0 Å². The van der Waals surface area contributed by atoms with Gasteiger partial charge in [-0.25, -0.2) is 0 Å². The highest BCUT2D eigenvalue weighted by Crippen LogP contribution is 2.34. The van der Waals surface area contributed by atoms with E-state index in [0.29, 0.717) is 10.6 Å². The first-order valence-electron chi connectivity index (χ1n) is 7.56. The van der Waals surface area contributed by atoms with E-state index in [1.807, 2.05) is 6.07 Å². The van der Waals surface area contributed by atoms with Gasteiger partial charge in [-0.2, -0.15) is 0 Å². The molecule has 1 aromatic rings. The van der Waals surface area contributed by atoms with Crippen LogP contribution >= 0.6 is 11.6 Å². The molecular weight excluding hydrogens is 272 g/mol. The maximum atomic E-state index is 6.12. The zero-order valence-electron chi connectivity index (χ0n) is 12.1. The first kappa shape index (κ1) is 14.0. The number of halogens is 1. The zero-order valence-corrected chi connectivity index (χ0v) is 12.9. The van der Waals surface area contributed by atoms with Crippen molar-refractivity contribution in [2.24, 2.45) is 0 Å². The van der Waals surface area contributed by atoms with Crippen LogP contribution < -0.4 is 15.0 Å². The summed E-state index contributed by atoms with van der Waals surface area (Å²) in [5.41, 5.74) is 1.54. The third-order valence-electron chi connectivity index (χ3n) is 4.69. The number of anilines is 1. The van der Waals surface area contributed by atoms with Crippen LogP contribution in [0.4, 0.5) is 5.69 Å². The Morgan fingerprint density at radius 3 is 2.80 bits per heavy atom. The Balaban J connectivity index is 1.79. The summed E-state index contributed by atoms with van der Waals surface area (Å²) in [5, 5.41) is 4.45. The molecule has 0 radical (unpaired) electrons. The number of rotatable bonds is 2. The Morgan fingerprint density at radius 2 is 2.05 bits per heavy atom. The summed E-state index contributed by atoms with van der Waals surface area (Å²) in [6.07, 6.45) is 6.69. The third-order valence-corrected chi connectivity index (χ3v) is 5.00. The van der Waals surface area contributed by atoms with Gasteiger partial charge in [-0.3, -0.25) is 0 Å². The molecule has 1 aromatic carbocycles. The van der Waals surface area contributed by atoms with Gasteiger partial charge >= 0.3 is 0 Å². The molecule has 3 nitrogen and oxygen atoms in total. The lowest BCUT2D eigenvalue weighted by Gasteiger charge is -2.47. The maximum Gasteiger partial charge on any atom is 0.139 e. The van der Waals surface area contributed by atoms with Crippen molar-refractivity contribution >= 4 is 17.3 Å². The Kier molecular flexibility index (Phi) is 4.08. The molecule has 1 saturated carbocycles. The van der Waals surface area contributed by atoms with E-state index in [9.17, 15) is 0 Å². The minimum absolute atomic E-state index is 0.323. The van der Waals surface area contributed by atoms with Gasteiger partial charge < -0.3 is 15.0 Å². The van der Waals surface area contributed by atoms with Gasteiger partial charge in [-0.05, 0) is 25.0 Å². The minimum atomic E-state index is 0.323. The molecule has 1 aliphatic heterocycles. The van der Waals surface area contributed by atoms with Crippen LogP contribution in [0.15, 0.2) is 18.2 Å². The average molecular weight is 295 g/mol. The van der Waals surface area contributed by atoms with Crippen molar-refractivity contribution in [1.29, 1.82) is 0 Å². The fourth-order valence-electron chi connectivity index (χ4n) is 3.59. The molecular formula is C16H23ClN2O. The lowest BCUT2D eigenvalue weighted by Crippen LogP contribution is -2.61. The Morgan fingerprint density at radius 1 is 1.25 bits per heavy atom. The molecule has 110 valence electrons. The second-order valence-electron chi connectivity index (χ2n) is 6.01. The second-order valence-corrected chi connectivity index (χ2v) is 6.42. The third kappa shape index (κ3) is 2.75. The molecule has 0 atom stereocenters. The van der Waals surface area contributed by atoms with Gasteiger partial charge in [-0.1, -0.05) is 30.9 Å². The van der Waals surface area contributed by atoms with Gasteiger partial charge in [0.05, 0.1) is 12.1 Å². The van der Waals surface area contributed by atoms with Gasteiger partial charge in [-0.15, -0.1) is 0 Å². The quantitative estimate of drug-likeness (QED) is 0.904. The normalized spacial score (nSPS) is 22.0. The number of hydrogen-bond acceptors (Lipinski definition) is 3. The van der Waals surface area contributed by atoms with Crippen molar-refractivity contribution in [3.05, 3.63) is 23.2 Å². The average Bonchev–Trinajstić information content (AvgIpc) is 2.48. The number of hydrogen-bond donors (Lipinski definition) is 1. The van der Waals surface area contributed by atoms with Gasteiger partial charge in [0.2, 0.25) is 0 Å². The molecule has 0 unspecified atom stereocenters. The minimum Gasteiger partial charge on any atom is -0.495 e. The van der Waals surface area contributed by atoms with Crippen LogP contribution in [0.1, 0.15) is 32.1 Å². The summed E-state index contributed by atoms with van der Waals surface area (Å²) in [7, 11) is 1.67. The Bertz CT molecular complexity index is 466. The van der Waals surface area contributed by atoms with Crippen LogP contribution in [0.5, 0.6) is 5.75 Å². The van der Waals surface area contributed by atoms with Crippen LogP contribution in [0.3, 0.4) is 0 Å². The predicted octanol–water partition coefficient (Wildman–Crippen LogP) is 3.46. The van der Waals surface area contributed by atoms with E-state index in [1.54, 1.807) is 7.11 Å². The van der Waals surface area contributed by atoms with Crippen molar-refractivity contribution in [3.8, 4) is 5.75 Å². The summed E-state index contributed by atoms with van der Waals surface area (Å²) in [4.78, 5) is 2.47.